The maximum absolute atomic E-state index is 11.5. The van der Waals surface area contributed by atoms with E-state index in [0.29, 0.717) is 17.8 Å². The van der Waals surface area contributed by atoms with E-state index >= 15 is 0 Å². The van der Waals surface area contributed by atoms with E-state index < -0.39 is 0 Å². The Labute approximate surface area is 94.9 Å². The first kappa shape index (κ1) is 12.3. The van der Waals surface area contributed by atoms with Crippen LogP contribution in [0.4, 0.5) is 5.69 Å². The molecule has 0 radical (unpaired) electrons. The number of rotatable bonds is 3. The number of hydrogen-bond acceptors (Lipinski definition) is 4. The summed E-state index contributed by atoms with van der Waals surface area (Å²) in [5.41, 5.74) is 13.8. The van der Waals surface area contributed by atoms with Gasteiger partial charge in [0.25, 0.3) is 0 Å². The molecule has 0 aliphatic carbocycles. The van der Waals surface area contributed by atoms with Crippen molar-refractivity contribution in [3.05, 3.63) is 34.9 Å². The van der Waals surface area contributed by atoms with E-state index in [0.717, 1.165) is 11.1 Å². The molecule has 0 atom stereocenters. The zero-order chi connectivity index (χ0) is 12.1. The lowest BCUT2D eigenvalue weighted by molar-refractivity contribution is 0.0600. The minimum absolute atomic E-state index is 0.382. The van der Waals surface area contributed by atoms with Crippen molar-refractivity contribution in [1.82, 2.24) is 0 Å². The Morgan fingerprint density at radius 2 is 2.19 bits per heavy atom. The van der Waals surface area contributed by atoms with Gasteiger partial charge in [0.05, 0.1) is 12.7 Å². The van der Waals surface area contributed by atoms with Crippen molar-refractivity contribution in [2.24, 2.45) is 5.73 Å². The van der Waals surface area contributed by atoms with Gasteiger partial charge in [-0.1, -0.05) is 12.2 Å². The third kappa shape index (κ3) is 2.61. The molecule has 1 rings (SSSR count). The number of benzene rings is 1. The van der Waals surface area contributed by atoms with E-state index in [1.54, 1.807) is 25.1 Å². The maximum atomic E-state index is 11.5. The Hall–Kier alpha value is -1.81. The van der Waals surface area contributed by atoms with Crippen molar-refractivity contribution in [2.45, 2.75) is 6.92 Å². The predicted molar refractivity (Wildman–Crippen MR) is 65.0 cm³/mol. The molecule has 16 heavy (non-hydrogen) atoms. The standard InChI is InChI=1S/C12H16N2O2/c1-8-10(12(15)16-2)6-9(4-3-5-13)7-11(8)14/h3-4,6-7H,5,13-14H2,1-2H3. The number of methoxy groups -OCH3 is 1. The molecule has 0 spiro atoms. The average Bonchev–Trinajstić information content (AvgIpc) is 2.29. The van der Waals surface area contributed by atoms with E-state index in [9.17, 15) is 4.79 Å². The lowest BCUT2D eigenvalue weighted by Gasteiger charge is -2.08. The summed E-state index contributed by atoms with van der Waals surface area (Å²) >= 11 is 0. The molecule has 1 aromatic carbocycles. The molecule has 0 saturated carbocycles. The molecule has 4 heteroatoms. The third-order valence-corrected chi connectivity index (χ3v) is 2.32. The highest BCUT2D eigenvalue weighted by atomic mass is 16.5. The second kappa shape index (κ2) is 5.32. The largest absolute Gasteiger partial charge is 0.465 e. The fraction of sp³-hybridized carbons (Fsp3) is 0.250. The summed E-state index contributed by atoms with van der Waals surface area (Å²) in [6, 6.07) is 3.54. The SMILES string of the molecule is COC(=O)c1cc(C=CCN)cc(N)c1C. The first-order chi connectivity index (χ1) is 7.60. The molecule has 86 valence electrons. The summed E-state index contributed by atoms with van der Waals surface area (Å²) < 4.78 is 4.69. The van der Waals surface area contributed by atoms with E-state index in [4.69, 9.17) is 11.5 Å². The van der Waals surface area contributed by atoms with E-state index in [-0.39, 0.29) is 5.97 Å². The normalized spacial score (nSPS) is 10.7. The van der Waals surface area contributed by atoms with Crippen LogP contribution in [-0.4, -0.2) is 19.6 Å². The van der Waals surface area contributed by atoms with Gasteiger partial charge in [-0.3, -0.25) is 0 Å². The number of carbonyl (C=O) groups is 1. The number of nitrogens with two attached hydrogens (primary N) is 2. The number of carbonyl (C=O) groups excluding carboxylic acids is 1. The van der Waals surface area contributed by atoms with Crippen LogP contribution in [0.3, 0.4) is 0 Å². The number of ether oxygens (including phenoxy) is 1. The fourth-order valence-corrected chi connectivity index (χ4v) is 1.38. The Morgan fingerprint density at radius 3 is 2.75 bits per heavy atom. The van der Waals surface area contributed by atoms with Crippen molar-refractivity contribution in [1.29, 1.82) is 0 Å². The van der Waals surface area contributed by atoms with Gasteiger partial charge < -0.3 is 16.2 Å². The Balaban J connectivity index is 3.22. The van der Waals surface area contributed by atoms with Gasteiger partial charge in [0.1, 0.15) is 0 Å². The van der Waals surface area contributed by atoms with Crippen LogP contribution in [0.2, 0.25) is 0 Å². The van der Waals surface area contributed by atoms with Gasteiger partial charge in [0.15, 0.2) is 0 Å². The van der Waals surface area contributed by atoms with Crippen LogP contribution in [0.5, 0.6) is 0 Å². The van der Waals surface area contributed by atoms with Gasteiger partial charge in [-0.15, -0.1) is 0 Å². The number of anilines is 1. The fourth-order valence-electron chi connectivity index (χ4n) is 1.38. The lowest BCUT2D eigenvalue weighted by atomic mass is 10.0. The minimum atomic E-state index is -0.382. The van der Waals surface area contributed by atoms with E-state index in [1.165, 1.54) is 7.11 Å². The first-order valence-electron chi connectivity index (χ1n) is 4.95. The quantitative estimate of drug-likeness (QED) is 0.595. The van der Waals surface area contributed by atoms with Crippen LogP contribution >= 0.6 is 0 Å². The lowest BCUT2D eigenvalue weighted by Crippen LogP contribution is -2.06. The Morgan fingerprint density at radius 1 is 1.50 bits per heavy atom. The van der Waals surface area contributed by atoms with Crippen molar-refractivity contribution in [3.63, 3.8) is 0 Å². The highest BCUT2D eigenvalue weighted by Crippen LogP contribution is 2.20. The third-order valence-electron chi connectivity index (χ3n) is 2.32. The molecule has 0 saturated heterocycles. The summed E-state index contributed by atoms with van der Waals surface area (Å²) in [4.78, 5) is 11.5. The second-order valence-electron chi connectivity index (χ2n) is 3.41. The Bertz CT molecular complexity index is 425. The van der Waals surface area contributed by atoms with Gasteiger partial charge in [-0.05, 0) is 30.2 Å². The van der Waals surface area contributed by atoms with E-state index in [2.05, 4.69) is 4.74 Å². The maximum Gasteiger partial charge on any atom is 0.338 e. The number of hydrogen-bond donors (Lipinski definition) is 2. The van der Waals surface area contributed by atoms with Crippen LogP contribution in [0.1, 0.15) is 21.5 Å². The molecule has 0 aromatic heterocycles. The van der Waals surface area contributed by atoms with Gasteiger partial charge in [0.2, 0.25) is 0 Å². The van der Waals surface area contributed by atoms with Crippen molar-refractivity contribution < 1.29 is 9.53 Å². The molecule has 0 heterocycles. The second-order valence-corrected chi connectivity index (χ2v) is 3.41. The van der Waals surface area contributed by atoms with Gasteiger partial charge in [-0.2, -0.15) is 0 Å². The Kier molecular flexibility index (Phi) is 4.08. The van der Waals surface area contributed by atoms with Gasteiger partial charge in [-0.25, -0.2) is 4.79 Å². The summed E-state index contributed by atoms with van der Waals surface area (Å²) in [6.07, 6.45) is 3.62. The monoisotopic (exact) mass is 220 g/mol. The summed E-state index contributed by atoms with van der Waals surface area (Å²) in [5.74, 6) is -0.382. The average molecular weight is 220 g/mol. The highest BCUT2D eigenvalue weighted by Gasteiger charge is 2.11. The van der Waals surface area contributed by atoms with Crippen LogP contribution in [-0.2, 0) is 4.74 Å². The van der Waals surface area contributed by atoms with Crippen LogP contribution < -0.4 is 11.5 Å². The molecule has 4 N–H and O–H groups in total. The summed E-state index contributed by atoms with van der Waals surface area (Å²) in [6.45, 7) is 2.24. The van der Waals surface area contributed by atoms with Crippen LogP contribution in [0.15, 0.2) is 18.2 Å². The molecule has 0 aliphatic heterocycles. The number of esters is 1. The van der Waals surface area contributed by atoms with Crippen molar-refractivity contribution >= 4 is 17.7 Å². The molecular weight excluding hydrogens is 204 g/mol. The molecule has 0 fully saturated rings. The molecular formula is C12H16N2O2. The van der Waals surface area contributed by atoms with Crippen molar-refractivity contribution in [3.8, 4) is 0 Å². The zero-order valence-corrected chi connectivity index (χ0v) is 9.49. The number of nitrogen functional groups attached to an aromatic ring is 1. The molecule has 1 aromatic rings. The summed E-state index contributed by atoms with van der Waals surface area (Å²) in [7, 11) is 1.35. The van der Waals surface area contributed by atoms with Crippen molar-refractivity contribution in [2.75, 3.05) is 19.4 Å². The molecule has 0 amide bonds. The molecule has 0 aliphatic rings. The van der Waals surface area contributed by atoms with Gasteiger partial charge in [0, 0.05) is 12.2 Å². The zero-order valence-electron chi connectivity index (χ0n) is 9.49. The smallest absolute Gasteiger partial charge is 0.338 e. The summed E-state index contributed by atoms with van der Waals surface area (Å²) in [5, 5.41) is 0. The first-order valence-corrected chi connectivity index (χ1v) is 4.95. The van der Waals surface area contributed by atoms with Gasteiger partial charge >= 0.3 is 5.97 Å². The molecule has 0 bridgehead atoms. The molecule has 4 nitrogen and oxygen atoms in total. The molecule has 0 unspecified atom stereocenters. The van der Waals surface area contributed by atoms with Crippen LogP contribution in [0.25, 0.3) is 6.08 Å². The highest BCUT2D eigenvalue weighted by molar-refractivity contribution is 5.93. The minimum Gasteiger partial charge on any atom is -0.465 e. The van der Waals surface area contributed by atoms with E-state index in [1.807, 2.05) is 6.08 Å². The topological polar surface area (TPSA) is 78.3 Å². The van der Waals surface area contributed by atoms with Crippen LogP contribution in [0, 0.1) is 6.92 Å². The predicted octanol–water partition coefficient (Wildman–Crippen LogP) is 1.34.